The van der Waals surface area contributed by atoms with E-state index in [1.807, 2.05) is 12.9 Å². The normalized spacial score (nSPS) is 19.6. The average Bonchev–Trinajstić information content (AvgIpc) is 3.82. The van der Waals surface area contributed by atoms with Crippen molar-refractivity contribution in [1.82, 2.24) is 18.5 Å². The zero-order valence-corrected chi connectivity index (χ0v) is 37.9. The summed E-state index contributed by atoms with van der Waals surface area (Å²) in [5.74, 6) is 0.851. The number of aromatic nitrogens is 2. The molecule has 60 heavy (non-hydrogen) atoms. The predicted molar refractivity (Wildman–Crippen MR) is 246 cm³/mol. The second-order valence-corrected chi connectivity index (χ2v) is 19.0. The standard InChI is InChI=1S/C55H53N4.Pt/c1-37-28-50-51(29-38(37)2)59(35-58(50,9)36-59)45-31-43(54(6,7)8)30-44(32-45)55(39-18-12-10-13-19-39,40-20-14-11-15-21-40)42-24-25-47-46-22-16-17-23-48(46)57(49(47)33-42)52-34-41(26-27-56-52)53(3,4)5;/h10-31,34-35H,36H2,1-9H3;/q-1;/t58-,59+;/m0./s1/i9D3;. The van der Waals surface area contributed by atoms with Crippen LogP contribution in [0.4, 0.5) is 17.1 Å². The van der Waals surface area contributed by atoms with Crippen LogP contribution in [0.15, 0.2) is 140 Å². The van der Waals surface area contributed by atoms with Crippen molar-refractivity contribution in [2.45, 2.75) is 71.6 Å². The summed E-state index contributed by atoms with van der Waals surface area (Å²) in [7, 11) is 0. The molecule has 0 aliphatic carbocycles. The van der Waals surface area contributed by atoms with Crippen LogP contribution < -0.4 is 8.97 Å². The molecule has 0 saturated carbocycles. The van der Waals surface area contributed by atoms with E-state index in [0.29, 0.717) is 11.2 Å². The van der Waals surface area contributed by atoms with E-state index < -0.39 is 12.4 Å². The Kier molecular flexibility index (Phi) is 8.54. The number of fused-ring (bicyclic) bond motifs is 3. The van der Waals surface area contributed by atoms with Gasteiger partial charge in [0.05, 0.1) is 17.8 Å². The van der Waals surface area contributed by atoms with Crippen molar-refractivity contribution < 1.29 is 25.2 Å². The smallest absolute Gasteiger partial charge is 0.179 e. The van der Waals surface area contributed by atoms with Crippen LogP contribution in [0.1, 0.15) is 90.2 Å². The van der Waals surface area contributed by atoms with Crippen LogP contribution in [0.2, 0.25) is 0 Å². The molecule has 5 heterocycles. The van der Waals surface area contributed by atoms with Crippen LogP contribution in [-0.2, 0) is 37.3 Å². The zero-order valence-electron chi connectivity index (χ0n) is 38.7. The first-order valence-electron chi connectivity index (χ1n) is 22.3. The number of benzene rings is 6. The van der Waals surface area contributed by atoms with E-state index in [2.05, 4.69) is 206 Å². The predicted octanol–water partition coefficient (Wildman–Crippen LogP) is 13.1. The number of quaternary nitrogens is 2. The third-order valence-electron chi connectivity index (χ3n) is 13.1. The van der Waals surface area contributed by atoms with E-state index in [0.717, 1.165) is 83.6 Å². The van der Waals surface area contributed by atoms with Gasteiger partial charge in [-0.05, 0) is 76.1 Å². The molecular weight excluding hydrogens is 912 g/mol. The van der Waals surface area contributed by atoms with Crippen molar-refractivity contribution in [3.63, 3.8) is 0 Å². The van der Waals surface area contributed by atoms with Gasteiger partial charge < -0.3 is 13.5 Å². The van der Waals surface area contributed by atoms with Gasteiger partial charge in [-0.2, -0.15) is 24.3 Å². The largest absolute Gasteiger partial charge is 0.325 e. The van der Waals surface area contributed by atoms with E-state index in [4.69, 9.17) is 9.10 Å². The molecule has 2 bridgehead atoms. The number of rotatable bonds is 6. The number of pyridine rings is 1. The molecule has 3 aliphatic rings. The molecule has 304 valence electrons. The minimum absolute atomic E-state index is 0. The molecule has 2 aromatic heterocycles. The van der Waals surface area contributed by atoms with Gasteiger partial charge in [0.2, 0.25) is 0 Å². The van der Waals surface area contributed by atoms with E-state index in [1.54, 1.807) is 0 Å². The molecule has 2 atom stereocenters. The van der Waals surface area contributed by atoms with Crippen molar-refractivity contribution >= 4 is 38.9 Å². The topological polar surface area (TPSA) is 17.8 Å². The fourth-order valence-corrected chi connectivity index (χ4v) is 9.71. The van der Waals surface area contributed by atoms with E-state index in [-0.39, 0.29) is 36.4 Å². The Hall–Kier alpha value is -5.12. The van der Waals surface area contributed by atoms with Crippen molar-refractivity contribution in [2.75, 3.05) is 13.6 Å². The number of hydrogen-bond acceptors (Lipinski definition) is 1. The molecule has 3 aliphatic heterocycles. The number of para-hydroxylation sites is 1. The maximum absolute atomic E-state index is 8.86. The molecule has 0 spiro atoms. The number of aryl methyl sites for hydroxylation is 2. The number of hydrogen-bond donors (Lipinski definition) is 0. The quantitative estimate of drug-likeness (QED) is 0.0922. The van der Waals surface area contributed by atoms with Gasteiger partial charge in [0.1, 0.15) is 5.82 Å². The summed E-state index contributed by atoms with van der Waals surface area (Å²) in [4.78, 5) is 5.01. The number of nitrogens with zero attached hydrogens (tertiary/aromatic N) is 4. The summed E-state index contributed by atoms with van der Waals surface area (Å²) in [5.41, 5.74) is 12.3. The third-order valence-corrected chi connectivity index (χ3v) is 13.1. The third kappa shape index (κ3) is 5.93. The van der Waals surface area contributed by atoms with Gasteiger partial charge in [-0.25, -0.2) is 4.98 Å². The maximum atomic E-state index is 8.86. The van der Waals surface area contributed by atoms with E-state index in [1.165, 1.54) is 5.56 Å². The van der Waals surface area contributed by atoms with Crippen LogP contribution in [0.5, 0.6) is 0 Å². The Morgan fingerprint density at radius 1 is 0.633 bits per heavy atom. The first-order valence-corrected chi connectivity index (χ1v) is 20.8. The Bertz CT molecular complexity index is 3020. The van der Waals surface area contributed by atoms with E-state index in [9.17, 15) is 0 Å². The summed E-state index contributed by atoms with van der Waals surface area (Å²) in [6, 6.07) is 56.1. The Balaban J connectivity index is 0.00000504. The monoisotopic (exact) mass is 967 g/mol. The Morgan fingerprint density at radius 2 is 1.25 bits per heavy atom. The fourth-order valence-electron chi connectivity index (χ4n) is 9.71. The maximum Gasteiger partial charge on any atom is 0.179 e. The second kappa shape index (κ2) is 14.0. The second-order valence-electron chi connectivity index (χ2n) is 19.0. The van der Waals surface area contributed by atoms with Gasteiger partial charge in [0.25, 0.3) is 0 Å². The SMILES string of the molecule is [2H]C([2H])([2H])[N@+]12[CH-][N@+](c3[c-]c(C(c4[c-]c5c(cc4)c4ccccc4n5-c4cc(C(C)(C)C)ccn4)(c4ccccc4)c4ccccc4)cc(C(C)(C)C)c3)(C1)c1cc(C)c(C)cc12.[Pt]. The van der Waals surface area contributed by atoms with Crippen LogP contribution in [0.25, 0.3) is 27.6 Å². The summed E-state index contributed by atoms with van der Waals surface area (Å²) >= 11 is 0. The Morgan fingerprint density at radius 3 is 1.88 bits per heavy atom. The van der Waals surface area contributed by atoms with Crippen molar-refractivity contribution in [2.24, 2.45) is 0 Å². The van der Waals surface area contributed by atoms with Crippen LogP contribution in [-0.4, -0.2) is 23.2 Å². The molecule has 0 N–H and O–H groups in total. The molecule has 1 fully saturated rings. The van der Waals surface area contributed by atoms with Gasteiger partial charge in [-0.1, -0.05) is 126 Å². The molecule has 8 aromatic rings. The molecule has 0 unspecified atom stereocenters. The molecule has 4 nitrogen and oxygen atoms in total. The first kappa shape index (κ1) is 36.7. The summed E-state index contributed by atoms with van der Waals surface area (Å²) < 4.78 is 29.0. The van der Waals surface area contributed by atoms with Gasteiger partial charge in [-0.3, -0.25) is 0 Å². The van der Waals surface area contributed by atoms with Crippen molar-refractivity contribution in [3.05, 3.63) is 203 Å². The van der Waals surface area contributed by atoms with E-state index >= 15 is 0 Å². The van der Waals surface area contributed by atoms with Crippen LogP contribution in [0, 0.1) is 32.6 Å². The molecule has 0 amide bonds. The Labute approximate surface area is 374 Å². The van der Waals surface area contributed by atoms with Crippen molar-refractivity contribution in [1.29, 1.82) is 0 Å². The van der Waals surface area contributed by atoms with Crippen LogP contribution in [0.3, 0.4) is 0 Å². The summed E-state index contributed by atoms with van der Waals surface area (Å²) in [5, 5.41) is 2.24. The van der Waals surface area contributed by atoms with Gasteiger partial charge in [0, 0.05) is 56.0 Å². The van der Waals surface area contributed by atoms with Gasteiger partial charge >= 0.3 is 0 Å². The summed E-state index contributed by atoms with van der Waals surface area (Å²) in [6.45, 7) is 17.8. The van der Waals surface area contributed by atoms with Crippen molar-refractivity contribution in [3.8, 4) is 5.82 Å². The molecule has 5 heteroatoms. The van der Waals surface area contributed by atoms with Crippen LogP contribution >= 0.6 is 0 Å². The molecule has 6 aromatic carbocycles. The molecule has 1 saturated heterocycles. The van der Waals surface area contributed by atoms with Gasteiger partial charge in [0.15, 0.2) is 18.0 Å². The van der Waals surface area contributed by atoms with Gasteiger partial charge in [-0.15, -0.1) is 34.2 Å². The molecular formula is C55H53N4Pt-. The average molecular weight is 968 g/mol. The summed E-state index contributed by atoms with van der Waals surface area (Å²) in [6.07, 6.45) is 1.92. The zero-order chi connectivity index (χ0) is 43.6. The minimum Gasteiger partial charge on any atom is -0.325 e. The molecule has 0 radical (unpaired) electrons. The minimum atomic E-state index is -2.26. The fraction of sp³-hybridized carbons (Fsp3) is 0.236. The molecule has 11 rings (SSSR count). The first-order chi connectivity index (χ1) is 29.4.